The van der Waals surface area contributed by atoms with Crippen LogP contribution in [0.4, 0.5) is 0 Å². The molecule has 0 aliphatic heterocycles. The molecule has 0 atom stereocenters. The van der Waals surface area contributed by atoms with Gasteiger partial charge in [-0.2, -0.15) is 0 Å². The Morgan fingerprint density at radius 1 is 1.26 bits per heavy atom. The number of aromatic nitrogens is 2. The first kappa shape index (κ1) is 11.0. The molecule has 4 heteroatoms. The van der Waals surface area contributed by atoms with Crippen molar-refractivity contribution in [2.75, 3.05) is 0 Å². The summed E-state index contributed by atoms with van der Waals surface area (Å²) < 4.78 is 2.14. The highest BCUT2D eigenvalue weighted by Gasteiger charge is 2.24. The summed E-state index contributed by atoms with van der Waals surface area (Å²) in [6.45, 7) is 0.542. The molecule has 3 aromatic rings. The Morgan fingerprint density at radius 3 is 3.00 bits per heavy atom. The standard InChI is InChI=1S/C15H12ClN3/c16-11-1-2-12-10(6-11)7-13-15(12)18-14-5-9(8-17)3-4-19(13)14/h1-6H,7-8,17H2. The predicted octanol–water partition coefficient (Wildman–Crippen LogP) is 3.02. The van der Waals surface area contributed by atoms with Crippen LogP contribution >= 0.6 is 11.6 Å². The molecule has 2 aromatic heterocycles. The minimum absolute atomic E-state index is 0.542. The van der Waals surface area contributed by atoms with Gasteiger partial charge in [0.25, 0.3) is 0 Å². The van der Waals surface area contributed by atoms with Crippen LogP contribution in [0.2, 0.25) is 5.02 Å². The van der Waals surface area contributed by atoms with Crippen LogP contribution in [0, 0.1) is 0 Å². The minimum atomic E-state index is 0.542. The van der Waals surface area contributed by atoms with Gasteiger partial charge in [-0.1, -0.05) is 17.7 Å². The van der Waals surface area contributed by atoms with Gasteiger partial charge < -0.3 is 10.1 Å². The lowest BCUT2D eigenvalue weighted by Crippen LogP contribution is -1.98. The number of hydrogen-bond donors (Lipinski definition) is 1. The van der Waals surface area contributed by atoms with Gasteiger partial charge >= 0.3 is 0 Å². The summed E-state index contributed by atoms with van der Waals surface area (Å²) in [7, 11) is 0. The van der Waals surface area contributed by atoms with Crippen LogP contribution in [0.3, 0.4) is 0 Å². The average molecular weight is 270 g/mol. The van der Waals surface area contributed by atoms with Gasteiger partial charge in [0, 0.05) is 29.7 Å². The van der Waals surface area contributed by atoms with Crippen molar-refractivity contribution in [2.45, 2.75) is 13.0 Å². The van der Waals surface area contributed by atoms with Gasteiger partial charge in [0.15, 0.2) is 0 Å². The molecule has 0 amide bonds. The third-order valence-electron chi connectivity index (χ3n) is 3.71. The number of benzene rings is 1. The van der Waals surface area contributed by atoms with Gasteiger partial charge in [0.2, 0.25) is 0 Å². The van der Waals surface area contributed by atoms with Crippen LogP contribution in [0.1, 0.15) is 16.8 Å². The molecule has 0 fully saturated rings. The third-order valence-corrected chi connectivity index (χ3v) is 3.94. The van der Waals surface area contributed by atoms with E-state index in [2.05, 4.69) is 16.7 Å². The summed E-state index contributed by atoms with van der Waals surface area (Å²) in [5.74, 6) is 0. The SMILES string of the molecule is NCc1ccn2c3c(nc2c1)-c1ccc(Cl)cc1C3. The highest BCUT2D eigenvalue weighted by atomic mass is 35.5. The molecule has 0 spiro atoms. The van der Waals surface area contributed by atoms with Crippen molar-refractivity contribution < 1.29 is 0 Å². The molecule has 0 saturated carbocycles. The van der Waals surface area contributed by atoms with E-state index in [1.54, 1.807) is 0 Å². The average Bonchev–Trinajstić information content (AvgIpc) is 2.92. The van der Waals surface area contributed by atoms with Crippen molar-refractivity contribution >= 4 is 17.2 Å². The molecule has 4 rings (SSSR count). The summed E-state index contributed by atoms with van der Waals surface area (Å²) in [5.41, 5.74) is 12.5. The number of pyridine rings is 1. The summed E-state index contributed by atoms with van der Waals surface area (Å²) >= 11 is 6.05. The fourth-order valence-corrected chi connectivity index (χ4v) is 2.96. The van der Waals surface area contributed by atoms with Crippen LogP contribution in [0.5, 0.6) is 0 Å². The molecule has 1 aromatic carbocycles. The largest absolute Gasteiger partial charge is 0.326 e. The van der Waals surface area contributed by atoms with Crippen molar-refractivity contribution in [3.63, 3.8) is 0 Å². The van der Waals surface area contributed by atoms with Crippen LogP contribution < -0.4 is 5.73 Å². The maximum Gasteiger partial charge on any atom is 0.137 e. The fraction of sp³-hybridized carbons (Fsp3) is 0.133. The second-order valence-corrected chi connectivity index (χ2v) is 5.29. The zero-order valence-electron chi connectivity index (χ0n) is 10.2. The monoisotopic (exact) mass is 269 g/mol. The molecule has 2 N–H and O–H groups in total. The molecule has 0 saturated heterocycles. The molecule has 94 valence electrons. The van der Waals surface area contributed by atoms with Crippen molar-refractivity contribution in [3.05, 3.63) is 58.4 Å². The van der Waals surface area contributed by atoms with Gasteiger partial charge in [-0.25, -0.2) is 4.98 Å². The maximum absolute atomic E-state index is 6.05. The Labute approximate surface area is 115 Å². The third kappa shape index (κ3) is 1.52. The number of fused-ring (bicyclic) bond motifs is 5. The van der Waals surface area contributed by atoms with Crippen LogP contribution in [-0.2, 0) is 13.0 Å². The van der Waals surface area contributed by atoms with E-state index < -0.39 is 0 Å². The number of nitrogens with two attached hydrogens (primary N) is 1. The summed E-state index contributed by atoms with van der Waals surface area (Å²) in [5, 5.41) is 0.781. The van der Waals surface area contributed by atoms with E-state index in [-0.39, 0.29) is 0 Å². The Kier molecular flexibility index (Phi) is 2.22. The molecule has 3 nitrogen and oxygen atoms in total. The quantitative estimate of drug-likeness (QED) is 0.577. The predicted molar refractivity (Wildman–Crippen MR) is 76.3 cm³/mol. The van der Waals surface area contributed by atoms with Gasteiger partial charge in [-0.3, -0.25) is 0 Å². The molecule has 0 bridgehead atoms. The van der Waals surface area contributed by atoms with Gasteiger partial charge in [-0.05, 0) is 35.4 Å². The van der Waals surface area contributed by atoms with Crippen LogP contribution in [0.25, 0.3) is 16.9 Å². The number of rotatable bonds is 1. The van der Waals surface area contributed by atoms with Crippen molar-refractivity contribution in [1.82, 2.24) is 9.38 Å². The highest BCUT2D eigenvalue weighted by Crippen LogP contribution is 2.37. The molecule has 19 heavy (non-hydrogen) atoms. The van der Waals surface area contributed by atoms with E-state index >= 15 is 0 Å². The Morgan fingerprint density at radius 2 is 2.16 bits per heavy atom. The van der Waals surface area contributed by atoms with E-state index in [0.29, 0.717) is 6.54 Å². The second-order valence-electron chi connectivity index (χ2n) is 4.85. The Hall–Kier alpha value is -1.84. The number of hydrogen-bond acceptors (Lipinski definition) is 2. The van der Waals surface area contributed by atoms with Crippen molar-refractivity contribution in [1.29, 1.82) is 0 Å². The molecule has 2 heterocycles. The topological polar surface area (TPSA) is 43.3 Å². The summed E-state index contributed by atoms with van der Waals surface area (Å²) in [6.07, 6.45) is 2.94. The maximum atomic E-state index is 6.05. The highest BCUT2D eigenvalue weighted by molar-refractivity contribution is 6.30. The van der Waals surface area contributed by atoms with Gasteiger partial charge in [0.1, 0.15) is 5.65 Å². The van der Waals surface area contributed by atoms with Crippen LogP contribution in [0.15, 0.2) is 36.5 Å². The minimum Gasteiger partial charge on any atom is -0.326 e. The second kappa shape index (κ2) is 3.83. The fourth-order valence-electron chi connectivity index (χ4n) is 2.77. The zero-order valence-corrected chi connectivity index (χ0v) is 11.0. The van der Waals surface area contributed by atoms with E-state index in [1.165, 1.54) is 16.8 Å². The lowest BCUT2D eigenvalue weighted by atomic mass is 10.1. The normalized spacial score (nSPS) is 12.7. The van der Waals surface area contributed by atoms with Crippen molar-refractivity contribution in [3.8, 4) is 11.3 Å². The molecular weight excluding hydrogens is 258 g/mol. The first-order valence-corrected chi connectivity index (χ1v) is 6.63. The van der Waals surface area contributed by atoms with Crippen LogP contribution in [-0.4, -0.2) is 9.38 Å². The lowest BCUT2D eigenvalue weighted by Gasteiger charge is -2.02. The van der Waals surface area contributed by atoms with Gasteiger partial charge in [-0.15, -0.1) is 0 Å². The smallest absolute Gasteiger partial charge is 0.137 e. The van der Waals surface area contributed by atoms with E-state index in [4.69, 9.17) is 22.3 Å². The molecule has 1 aliphatic rings. The first-order valence-electron chi connectivity index (χ1n) is 6.25. The Balaban J connectivity index is 1.98. The van der Waals surface area contributed by atoms with E-state index in [9.17, 15) is 0 Å². The molecular formula is C15H12ClN3. The molecule has 0 radical (unpaired) electrons. The summed E-state index contributed by atoms with van der Waals surface area (Å²) in [6, 6.07) is 10.1. The van der Waals surface area contributed by atoms with E-state index in [1.807, 2.05) is 24.3 Å². The summed E-state index contributed by atoms with van der Waals surface area (Å²) in [4.78, 5) is 4.74. The zero-order chi connectivity index (χ0) is 13.0. The molecule has 0 unspecified atom stereocenters. The lowest BCUT2D eigenvalue weighted by molar-refractivity contribution is 1.01. The van der Waals surface area contributed by atoms with Gasteiger partial charge in [0.05, 0.1) is 11.4 Å². The number of imidazole rings is 1. The molecule has 1 aliphatic carbocycles. The Bertz CT molecular complexity index is 805. The van der Waals surface area contributed by atoms with E-state index in [0.717, 1.165) is 28.3 Å². The first-order chi connectivity index (χ1) is 9.26. The number of nitrogens with zero attached hydrogens (tertiary/aromatic N) is 2. The number of halogens is 1. The van der Waals surface area contributed by atoms with Crippen molar-refractivity contribution in [2.24, 2.45) is 5.73 Å².